The van der Waals surface area contributed by atoms with Crippen LogP contribution in [0.4, 0.5) is 0 Å². The van der Waals surface area contributed by atoms with Crippen molar-refractivity contribution in [3.05, 3.63) is 11.6 Å². The van der Waals surface area contributed by atoms with Crippen LogP contribution in [0.1, 0.15) is 64.7 Å². The van der Waals surface area contributed by atoms with Crippen molar-refractivity contribution in [3.8, 4) is 0 Å². The van der Waals surface area contributed by atoms with Crippen molar-refractivity contribution in [3.63, 3.8) is 0 Å². The Labute approximate surface area is 119 Å². The highest BCUT2D eigenvalue weighted by atomic mass is 16.5. The molecule has 2 unspecified atom stereocenters. The standard InChI is InChI=1S/C17H31NO/c1-2-12-18-17(16-11-8-13-19-14-16)15-9-6-4-3-5-7-10-15/h9,16-18H,2-8,10-14H2,1H3. The van der Waals surface area contributed by atoms with Crippen molar-refractivity contribution in [1.29, 1.82) is 0 Å². The second kappa shape index (κ2) is 8.76. The molecule has 0 saturated carbocycles. The topological polar surface area (TPSA) is 21.3 Å². The quantitative estimate of drug-likeness (QED) is 0.757. The largest absolute Gasteiger partial charge is 0.381 e. The second-order valence-electron chi connectivity index (χ2n) is 6.14. The average Bonchev–Trinajstić information content (AvgIpc) is 2.42. The zero-order valence-electron chi connectivity index (χ0n) is 12.6. The van der Waals surface area contributed by atoms with E-state index in [-0.39, 0.29) is 0 Å². The lowest BCUT2D eigenvalue weighted by Crippen LogP contribution is -2.42. The van der Waals surface area contributed by atoms with Gasteiger partial charge in [0.1, 0.15) is 0 Å². The number of hydrogen-bond donors (Lipinski definition) is 1. The molecular weight excluding hydrogens is 234 g/mol. The van der Waals surface area contributed by atoms with Gasteiger partial charge in [0.25, 0.3) is 0 Å². The molecule has 1 saturated heterocycles. The van der Waals surface area contributed by atoms with E-state index in [0.29, 0.717) is 12.0 Å². The molecule has 19 heavy (non-hydrogen) atoms. The van der Waals surface area contributed by atoms with Crippen LogP contribution >= 0.6 is 0 Å². The zero-order valence-corrected chi connectivity index (χ0v) is 12.6. The van der Waals surface area contributed by atoms with Gasteiger partial charge in [-0.3, -0.25) is 0 Å². The SMILES string of the molecule is CCCNC(C1=CCCCCCC1)C1CCCOC1. The number of allylic oxidation sites excluding steroid dienone is 1. The summed E-state index contributed by atoms with van der Waals surface area (Å²) in [6.07, 6.45) is 14.5. The van der Waals surface area contributed by atoms with Crippen LogP contribution in [0.5, 0.6) is 0 Å². The van der Waals surface area contributed by atoms with Gasteiger partial charge in [-0.1, -0.05) is 31.4 Å². The second-order valence-corrected chi connectivity index (χ2v) is 6.14. The van der Waals surface area contributed by atoms with Gasteiger partial charge in [-0.25, -0.2) is 0 Å². The lowest BCUT2D eigenvalue weighted by Gasteiger charge is -2.33. The fourth-order valence-electron chi connectivity index (χ4n) is 3.43. The molecular formula is C17H31NO. The Morgan fingerprint density at radius 2 is 2.16 bits per heavy atom. The molecule has 1 heterocycles. The number of hydrogen-bond acceptors (Lipinski definition) is 2. The predicted molar refractivity (Wildman–Crippen MR) is 81.4 cm³/mol. The lowest BCUT2D eigenvalue weighted by molar-refractivity contribution is 0.0438. The maximum absolute atomic E-state index is 5.72. The van der Waals surface area contributed by atoms with E-state index in [2.05, 4.69) is 18.3 Å². The van der Waals surface area contributed by atoms with Gasteiger partial charge in [0, 0.05) is 18.6 Å². The molecule has 0 aromatic heterocycles. The molecule has 2 aliphatic rings. The summed E-state index contributed by atoms with van der Waals surface area (Å²) in [5, 5.41) is 3.81. The zero-order chi connectivity index (χ0) is 13.3. The van der Waals surface area contributed by atoms with Crippen LogP contribution in [0.3, 0.4) is 0 Å². The van der Waals surface area contributed by atoms with Crippen LogP contribution in [-0.4, -0.2) is 25.8 Å². The molecule has 2 nitrogen and oxygen atoms in total. The van der Waals surface area contributed by atoms with Gasteiger partial charge < -0.3 is 10.1 Å². The first-order chi connectivity index (χ1) is 9.42. The summed E-state index contributed by atoms with van der Waals surface area (Å²) < 4.78 is 5.72. The van der Waals surface area contributed by atoms with E-state index in [1.165, 1.54) is 57.8 Å². The minimum absolute atomic E-state index is 0.582. The number of ether oxygens (including phenoxy) is 1. The van der Waals surface area contributed by atoms with E-state index in [0.717, 1.165) is 19.8 Å². The van der Waals surface area contributed by atoms with E-state index < -0.39 is 0 Å². The van der Waals surface area contributed by atoms with Gasteiger partial charge in [0.05, 0.1) is 6.61 Å². The van der Waals surface area contributed by atoms with Crippen molar-refractivity contribution in [2.75, 3.05) is 19.8 Å². The van der Waals surface area contributed by atoms with Crippen LogP contribution < -0.4 is 5.32 Å². The summed E-state index contributed by atoms with van der Waals surface area (Å²) in [6, 6.07) is 0.582. The molecule has 0 aromatic rings. The van der Waals surface area contributed by atoms with Crippen LogP contribution in [0.25, 0.3) is 0 Å². The van der Waals surface area contributed by atoms with E-state index in [1.807, 2.05) is 0 Å². The van der Waals surface area contributed by atoms with Crippen LogP contribution in [0.2, 0.25) is 0 Å². The van der Waals surface area contributed by atoms with Gasteiger partial charge in [0.15, 0.2) is 0 Å². The fraction of sp³-hybridized carbons (Fsp3) is 0.882. The lowest BCUT2D eigenvalue weighted by atomic mass is 9.84. The molecule has 110 valence electrons. The Kier molecular flexibility index (Phi) is 6.94. The van der Waals surface area contributed by atoms with Crippen molar-refractivity contribution >= 4 is 0 Å². The Balaban J connectivity index is 2.00. The first kappa shape index (κ1) is 15.1. The first-order valence-electron chi connectivity index (χ1n) is 8.42. The maximum atomic E-state index is 5.72. The molecule has 1 aliphatic heterocycles. The minimum atomic E-state index is 0.582. The third-order valence-electron chi connectivity index (χ3n) is 4.51. The fourth-order valence-corrected chi connectivity index (χ4v) is 3.43. The van der Waals surface area contributed by atoms with Gasteiger partial charge >= 0.3 is 0 Å². The van der Waals surface area contributed by atoms with Crippen LogP contribution in [0, 0.1) is 5.92 Å². The molecule has 1 aliphatic carbocycles. The van der Waals surface area contributed by atoms with Gasteiger partial charge in [-0.2, -0.15) is 0 Å². The smallest absolute Gasteiger partial charge is 0.0512 e. The Hall–Kier alpha value is -0.340. The summed E-state index contributed by atoms with van der Waals surface area (Å²) >= 11 is 0. The average molecular weight is 265 g/mol. The normalized spacial score (nSPS) is 27.2. The Morgan fingerprint density at radius 1 is 1.26 bits per heavy atom. The molecule has 2 heteroatoms. The Morgan fingerprint density at radius 3 is 2.95 bits per heavy atom. The first-order valence-corrected chi connectivity index (χ1v) is 8.42. The van der Waals surface area contributed by atoms with Crippen LogP contribution in [0.15, 0.2) is 11.6 Å². The molecule has 0 spiro atoms. The van der Waals surface area contributed by atoms with E-state index >= 15 is 0 Å². The van der Waals surface area contributed by atoms with E-state index in [1.54, 1.807) is 5.57 Å². The Bertz CT molecular complexity index is 268. The van der Waals surface area contributed by atoms with E-state index in [4.69, 9.17) is 4.74 Å². The molecule has 0 aromatic carbocycles. The third-order valence-corrected chi connectivity index (χ3v) is 4.51. The minimum Gasteiger partial charge on any atom is -0.381 e. The third kappa shape index (κ3) is 4.92. The summed E-state index contributed by atoms with van der Waals surface area (Å²) in [5.41, 5.74) is 1.68. The highest BCUT2D eigenvalue weighted by Gasteiger charge is 2.26. The highest BCUT2D eigenvalue weighted by Crippen LogP contribution is 2.27. The molecule has 0 bridgehead atoms. The van der Waals surface area contributed by atoms with Crippen molar-refractivity contribution in [1.82, 2.24) is 5.32 Å². The van der Waals surface area contributed by atoms with Crippen molar-refractivity contribution in [2.24, 2.45) is 5.92 Å². The summed E-state index contributed by atoms with van der Waals surface area (Å²) in [6.45, 7) is 5.32. The monoisotopic (exact) mass is 265 g/mol. The van der Waals surface area contributed by atoms with Gasteiger partial charge in [0.2, 0.25) is 0 Å². The summed E-state index contributed by atoms with van der Waals surface area (Å²) in [7, 11) is 0. The van der Waals surface area contributed by atoms with Crippen molar-refractivity contribution in [2.45, 2.75) is 70.8 Å². The maximum Gasteiger partial charge on any atom is 0.0512 e. The predicted octanol–water partition coefficient (Wildman–Crippen LogP) is 4.06. The molecule has 1 N–H and O–H groups in total. The van der Waals surface area contributed by atoms with Crippen LogP contribution in [-0.2, 0) is 4.74 Å². The van der Waals surface area contributed by atoms with Gasteiger partial charge in [-0.05, 0) is 51.5 Å². The number of nitrogens with one attached hydrogen (secondary N) is 1. The molecule has 2 rings (SSSR count). The molecule has 2 atom stereocenters. The highest BCUT2D eigenvalue weighted by molar-refractivity contribution is 5.14. The number of rotatable bonds is 5. The summed E-state index contributed by atoms with van der Waals surface area (Å²) in [5.74, 6) is 0.700. The summed E-state index contributed by atoms with van der Waals surface area (Å²) in [4.78, 5) is 0. The van der Waals surface area contributed by atoms with Crippen molar-refractivity contribution < 1.29 is 4.74 Å². The molecule has 0 amide bonds. The van der Waals surface area contributed by atoms with Gasteiger partial charge in [-0.15, -0.1) is 0 Å². The molecule has 0 radical (unpaired) electrons. The van der Waals surface area contributed by atoms with E-state index in [9.17, 15) is 0 Å². The molecule has 1 fully saturated rings.